The number of anilines is 1. The summed E-state index contributed by atoms with van der Waals surface area (Å²) in [6.45, 7) is 7.09. The van der Waals surface area contributed by atoms with Crippen molar-refractivity contribution < 1.29 is 9.59 Å². The molecule has 2 aromatic heterocycles. The fourth-order valence-corrected chi connectivity index (χ4v) is 4.36. The van der Waals surface area contributed by atoms with E-state index in [1.807, 2.05) is 18.7 Å². The van der Waals surface area contributed by atoms with Crippen LogP contribution in [0, 0.1) is 5.92 Å². The van der Waals surface area contributed by atoms with Crippen molar-refractivity contribution in [3.05, 3.63) is 36.5 Å². The van der Waals surface area contributed by atoms with E-state index < -0.39 is 0 Å². The van der Waals surface area contributed by atoms with Crippen molar-refractivity contribution in [1.82, 2.24) is 24.3 Å². The predicted molar refractivity (Wildman–Crippen MR) is 119 cm³/mol. The molecule has 1 aliphatic carbocycles. The zero-order valence-electron chi connectivity index (χ0n) is 18.5. The molecule has 2 fully saturated rings. The number of amides is 2. The highest BCUT2D eigenvalue weighted by atomic mass is 16.2. The average Bonchev–Trinajstić information content (AvgIpc) is 3.30. The number of pyridine rings is 1. The third-order valence-corrected chi connectivity index (χ3v) is 6.30. The molecule has 0 bridgehead atoms. The number of aromatic nitrogens is 3. The van der Waals surface area contributed by atoms with Crippen LogP contribution in [0.25, 0.3) is 5.82 Å². The van der Waals surface area contributed by atoms with Gasteiger partial charge < -0.3 is 10.2 Å². The van der Waals surface area contributed by atoms with E-state index in [4.69, 9.17) is 0 Å². The number of carbonyl (C=O) groups is 2. The molecule has 1 N–H and O–H groups in total. The summed E-state index contributed by atoms with van der Waals surface area (Å²) < 4.78 is 1.74. The van der Waals surface area contributed by atoms with Gasteiger partial charge in [-0.3, -0.25) is 19.1 Å². The summed E-state index contributed by atoms with van der Waals surface area (Å²) in [5.41, 5.74) is 1.08. The van der Waals surface area contributed by atoms with Gasteiger partial charge in [0.05, 0.1) is 11.9 Å². The van der Waals surface area contributed by atoms with Gasteiger partial charge in [-0.1, -0.05) is 33.1 Å². The summed E-state index contributed by atoms with van der Waals surface area (Å²) >= 11 is 0. The van der Waals surface area contributed by atoms with Gasteiger partial charge in [-0.25, -0.2) is 9.97 Å². The van der Waals surface area contributed by atoms with Gasteiger partial charge in [0.15, 0.2) is 0 Å². The van der Waals surface area contributed by atoms with Crippen molar-refractivity contribution >= 4 is 17.5 Å². The van der Waals surface area contributed by atoms with E-state index in [1.54, 1.807) is 35.4 Å². The molecule has 2 aromatic rings. The average molecular weight is 425 g/mol. The molecule has 2 amide bonds. The Morgan fingerprint density at radius 3 is 2.42 bits per heavy atom. The molecule has 0 aromatic carbocycles. The second kappa shape index (κ2) is 9.60. The van der Waals surface area contributed by atoms with Crippen LogP contribution in [0.5, 0.6) is 0 Å². The third kappa shape index (κ3) is 5.12. The van der Waals surface area contributed by atoms with Gasteiger partial charge in [-0.15, -0.1) is 0 Å². The lowest BCUT2D eigenvalue weighted by molar-refractivity contribution is -0.118. The molecular weight excluding hydrogens is 392 g/mol. The molecule has 31 heavy (non-hydrogen) atoms. The molecule has 4 rings (SSSR count). The van der Waals surface area contributed by atoms with E-state index in [0.717, 1.165) is 26.2 Å². The largest absolute Gasteiger partial charge is 0.335 e. The monoisotopic (exact) mass is 424 g/mol. The number of imidazole rings is 1. The molecule has 0 unspecified atom stereocenters. The quantitative estimate of drug-likeness (QED) is 0.798. The summed E-state index contributed by atoms with van der Waals surface area (Å²) in [7, 11) is 0. The fourth-order valence-electron chi connectivity index (χ4n) is 4.36. The first-order valence-electron chi connectivity index (χ1n) is 11.4. The minimum atomic E-state index is -0.0913. The van der Waals surface area contributed by atoms with Gasteiger partial charge in [0.2, 0.25) is 5.91 Å². The van der Waals surface area contributed by atoms with E-state index in [-0.39, 0.29) is 17.7 Å². The van der Waals surface area contributed by atoms with E-state index in [2.05, 4.69) is 20.2 Å². The Kier molecular flexibility index (Phi) is 6.65. The molecule has 1 aliphatic heterocycles. The number of rotatable bonds is 5. The first kappa shape index (κ1) is 21.5. The van der Waals surface area contributed by atoms with Crippen molar-refractivity contribution in [3.8, 4) is 5.82 Å². The van der Waals surface area contributed by atoms with Gasteiger partial charge in [0.1, 0.15) is 17.8 Å². The highest BCUT2D eigenvalue weighted by Crippen LogP contribution is 2.23. The lowest BCUT2D eigenvalue weighted by atomic mass is 9.94. The second-order valence-corrected chi connectivity index (χ2v) is 8.84. The highest BCUT2D eigenvalue weighted by Gasteiger charge is 2.28. The van der Waals surface area contributed by atoms with Crippen LogP contribution in [0.1, 0.15) is 56.4 Å². The number of hydrogen-bond acceptors (Lipinski definition) is 5. The summed E-state index contributed by atoms with van der Waals surface area (Å²) in [4.78, 5) is 37.9. The summed E-state index contributed by atoms with van der Waals surface area (Å²) in [5, 5.41) is 2.82. The molecule has 166 valence electrons. The van der Waals surface area contributed by atoms with Crippen molar-refractivity contribution in [2.45, 2.75) is 52.0 Å². The van der Waals surface area contributed by atoms with Gasteiger partial charge in [-0.2, -0.15) is 0 Å². The lowest BCUT2D eigenvalue weighted by Crippen LogP contribution is -2.52. The maximum Gasteiger partial charge on any atom is 0.274 e. The van der Waals surface area contributed by atoms with Crippen molar-refractivity contribution in [2.75, 3.05) is 31.5 Å². The SMILES string of the molecule is CC(C)C(=O)Nc1ccc(-n2cnc(C(=O)N3CCN(C4CCCCC4)CC3)c2)nc1. The third-order valence-electron chi connectivity index (χ3n) is 6.30. The van der Waals surface area contributed by atoms with Crippen LogP contribution in [0.4, 0.5) is 5.69 Å². The van der Waals surface area contributed by atoms with Gasteiger partial charge in [-0.05, 0) is 25.0 Å². The van der Waals surface area contributed by atoms with Crippen LogP contribution in [0.3, 0.4) is 0 Å². The van der Waals surface area contributed by atoms with Crippen LogP contribution in [-0.2, 0) is 4.79 Å². The van der Waals surface area contributed by atoms with Gasteiger partial charge >= 0.3 is 0 Å². The molecule has 1 saturated carbocycles. The lowest BCUT2D eigenvalue weighted by Gasteiger charge is -2.40. The molecule has 2 aliphatic rings. The number of carbonyl (C=O) groups excluding carboxylic acids is 2. The Bertz CT molecular complexity index is 893. The van der Waals surface area contributed by atoms with Crippen molar-refractivity contribution in [1.29, 1.82) is 0 Å². The predicted octanol–water partition coefficient (Wildman–Crippen LogP) is 2.95. The molecule has 8 nitrogen and oxygen atoms in total. The van der Waals surface area contributed by atoms with Crippen LogP contribution in [-0.4, -0.2) is 68.4 Å². The molecular formula is C23H32N6O2. The Hall–Kier alpha value is -2.74. The number of piperazine rings is 1. The van der Waals surface area contributed by atoms with Crippen LogP contribution in [0.15, 0.2) is 30.9 Å². The smallest absolute Gasteiger partial charge is 0.274 e. The van der Waals surface area contributed by atoms with E-state index in [1.165, 1.54) is 32.1 Å². The number of hydrogen-bond donors (Lipinski definition) is 1. The summed E-state index contributed by atoms with van der Waals surface area (Å²) in [5.74, 6) is 0.485. The minimum Gasteiger partial charge on any atom is -0.335 e. The maximum absolute atomic E-state index is 12.9. The highest BCUT2D eigenvalue weighted by molar-refractivity contribution is 5.92. The number of nitrogens with one attached hydrogen (secondary N) is 1. The Balaban J connectivity index is 1.34. The molecule has 8 heteroatoms. The molecule has 0 atom stereocenters. The zero-order chi connectivity index (χ0) is 21.8. The topological polar surface area (TPSA) is 83.4 Å². The van der Waals surface area contributed by atoms with Gasteiger partial charge in [0, 0.05) is 44.3 Å². The Morgan fingerprint density at radius 1 is 1.03 bits per heavy atom. The minimum absolute atomic E-state index is 0.0251. The molecule has 1 saturated heterocycles. The first-order chi connectivity index (χ1) is 15.0. The second-order valence-electron chi connectivity index (χ2n) is 8.84. The van der Waals surface area contributed by atoms with Crippen molar-refractivity contribution in [3.63, 3.8) is 0 Å². The standard InChI is InChI=1S/C23H32N6O2/c1-17(2)22(30)26-18-8-9-21(24-14-18)29-15-20(25-16-29)23(31)28-12-10-27(11-13-28)19-6-4-3-5-7-19/h8-9,14-17,19H,3-7,10-13H2,1-2H3,(H,26,30). The Morgan fingerprint density at radius 2 is 1.77 bits per heavy atom. The summed E-state index contributed by atoms with van der Waals surface area (Å²) in [6, 6.07) is 4.30. The van der Waals surface area contributed by atoms with Gasteiger partial charge in [0.25, 0.3) is 5.91 Å². The molecule has 3 heterocycles. The first-order valence-corrected chi connectivity index (χ1v) is 11.4. The maximum atomic E-state index is 12.9. The van der Waals surface area contributed by atoms with Crippen LogP contribution in [0.2, 0.25) is 0 Å². The van der Waals surface area contributed by atoms with E-state index >= 15 is 0 Å². The molecule has 0 spiro atoms. The van der Waals surface area contributed by atoms with E-state index in [0.29, 0.717) is 23.2 Å². The van der Waals surface area contributed by atoms with Crippen molar-refractivity contribution in [2.24, 2.45) is 5.92 Å². The summed E-state index contributed by atoms with van der Waals surface area (Å²) in [6.07, 6.45) is 11.6. The van der Waals surface area contributed by atoms with Crippen LogP contribution >= 0.6 is 0 Å². The zero-order valence-corrected chi connectivity index (χ0v) is 18.5. The number of nitrogens with zero attached hydrogens (tertiary/aromatic N) is 5. The fraction of sp³-hybridized carbons (Fsp3) is 0.565. The Labute approximate surface area is 183 Å². The van der Waals surface area contributed by atoms with Crippen LogP contribution < -0.4 is 5.32 Å². The normalized spacial score (nSPS) is 18.4. The van der Waals surface area contributed by atoms with E-state index in [9.17, 15) is 9.59 Å². The molecule has 0 radical (unpaired) electrons.